The van der Waals surface area contributed by atoms with E-state index in [9.17, 15) is 4.79 Å². The van der Waals surface area contributed by atoms with E-state index in [0.29, 0.717) is 22.6 Å². The predicted octanol–water partition coefficient (Wildman–Crippen LogP) is 2.42. The summed E-state index contributed by atoms with van der Waals surface area (Å²) in [6.45, 7) is 1.33. The quantitative estimate of drug-likeness (QED) is 0.912. The summed E-state index contributed by atoms with van der Waals surface area (Å²) >= 11 is 3.36. The SMILES string of the molecule is O=c1c(Br)c(NCc2cccnc2)cnn1CC1CC1. The van der Waals surface area contributed by atoms with Gasteiger partial charge in [-0.1, -0.05) is 6.07 Å². The number of nitrogens with zero attached hydrogens (tertiary/aromatic N) is 3. The van der Waals surface area contributed by atoms with Gasteiger partial charge in [-0.05, 0) is 46.3 Å². The fraction of sp³-hybridized carbons (Fsp3) is 0.357. The van der Waals surface area contributed by atoms with E-state index in [1.165, 1.54) is 17.5 Å². The molecule has 2 heterocycles. The summed E-state index contributed by atoms with van der Waals surface area (Å²) in [7, 11) is 0. The van der Waals surface area contributed by atoms with Crippen LogP contribution >= 0.6 is 15.9 Å². The minimum Gasteiger partial charge on any atom is -0.379 e. The van der Waals surface area contributed by atoms with Crippen molar-refractivity contribution in [3.8, 4) is 0 Å². The van der Waals surface area contributed by atoms with Gasteiger partial charge in [0.25, 0.3) is 5.56 Å². The number of halogens is 1. The summed E-state index contributed by atoms with van der Waals surface area (Å²) in [5, 5.41) is 7.43. The number of hydrogen-bond acceptors (Lipinski definition) is 4. The highest BCUT2D eigenvalue weighted by Crippen LogP contribution is 2.30. The molecule has 3 rings (SSSR count). The monoisotopic (exact) mass is 334 g/mol. The van der Waals surface area contributed by atoms with Gasteiger partial charge >= 0.3 is 0 Å². The van der Waals surface area contributed by atoms with Crippen molar-refractivity contribution >= 4 is 21.6 Å². The van der Waals surface area contributed by atoms with Crippen molar-refractivity contribution in [1.29, 1.82) is 0 Å². The van der Waals surface area contributed by atoms with E-state index in [-0.39, 0.29) is 5.56 Å². The highest BCUT2D eigenvalue weighted by atomic mass is 79.9. The molecule has 1 aliphatic rings. The minimum absolute atomic E-state index is 0.0758. The molecule has 0 bridgehead atoms. The van der Waals surface area contributed by atoms with Crippen molar-refractivity contribution < 1.29 is 0 Å². The molecule has 1 aliphatic carbocycles. The van der Waals surface area contributed by atoms with Crippen molar-refractivity contribution in [3.05, 3.63) is 51.1 Å². The Balaban J connectivity index is 1.73. The van der Waals surface area contributed by atoms with Gasteiger partial charge in [0, 0.05) is 25.5 Å². The number of pyridine rings is 1. The summed E-state index contributed by atoms with van der Waals surface area (Å²) in [4.78, 5) is 16.2. The van der Waals surface area contributed by atoms with E-state index in [4.69, 9.17) is 0 Å². The molecule has 0 amide bonds. The lowest BCUT2D eigenvalue weighted by Crippen LogP contribution is -2.25. The first-order chi connectivity index (χ1) is 9.74. The van der Waals surface area contributed by atoms with E-state index in [2.05, 4.69) is 31.3 Å². The molecule has 2 aromatic heterocycles. The van der Waals surface area contributed by atoms with Crippen LogP contribution < -0.4 is 10.9 Å². The number of aromatic nitrogens is 3. The van der Waals surface area contributed by atoms with Gasteiger partial charge in [0.2, 0.25) is 0 Å². The summed E-state index contributed by atoms with van der Waals surface area (Å²) in [6.07, 6.45) is 7.63. The zero-order valence-electron chi connectivity index (χ0n) is 10.9. The Labute approximate surface area is 125 Å². The summed E-state index contributed by atoms with van der Waals surface area (Å²) < 4.78 is 2.08. The van der Waals surface area contributed by atoms with E-state index in [1.54, 1.807) is 18.6 Å². The Morgan fingerprint density at radius 3 is 2.95 bits per heavy atom. The lowest BCUT2D eigenvalue weighted by Gasteiger charge is -2.10. The third-order valence-electron chi connectivity index (χ3n) is 3.32. The largest absolute Gasteiger partial charge is 0.379 e. The van der Waals surface area contributed by atoms with Gasteiger partial charge in [0.15, 0.2) is 0 Å². The van der Waals surface area contributed by atoms with Crippen molar-refractivity contribution in [2.24, 2.45) is 5.92 Å². The molecule has 6 heteroatoms. The van der Waals surface area contributed by atoms with Crippen LogP contribution in [0.4, 0.5) is 5.69 Å². The topological polar surface area (TPSA) is 59.8 Å². The molecule has 5 nitrogen and oxygen atoms in total. The molecule has 0 saturated heterocycles. The Morgan fingerprint density at radius 1 is 1.40 bits per heavy atom. The second kappa shape index (κ2) is 5.75. The molecule has 20 heavy (non-hydrogen) atoms. The van der Waals surface area contributed by atoms with E-state index in [1.807, 2.05) is 12.1 Å². The Bertz CT molecular complexity index is 652. The maximum Gasteiger partial charge on any atom is 0.283 e. The van der Waals surface area contributed by atoms with Crippen LogP contribution in [0.3, 0.4) is 0 Å². The van der Waals surface area contributed by atoms with Crippen LogP contribution in [0, 0.1) is 5.92 Å². The molecule has 104 valence electrons. The summed E-state index contributed by atoms with van der Waals surface area (Å²) in [6, 6.07) is 3.87. The Kier molecular flexibility index (Phi) is 3.82. The van der Waals surface area contributed by atoms with Crippen LogP contribution in [0.5, 0.6) is 0 Å². The van der Waals surface area contributed by atoms with E-state index < -0.39 is 0 Å². The van der Waals surface area contributed by atoms with Gasteiger partial charge in [0.05, 0.1) is 11.9 Å². The third-order valence-corrected chi connectivity index (χ3v) is 4.09. The number of rotatable bonds is 5. The zero-order valence-corrected chi connectivity index (χ0v) is 12.5. The van der Waals surface area contributed by atoms with Crippen LogP contribution in [0.15, 0.2) is 40.0 Å². The number of hydrogen-bond donors (Lipinski definition) is 1. The second-order valence-electron chi connectivity index (χ2n) is 5.02. The molecule has 0 atom stereocenters. The highest BCUT2D eigenvalue weighted by Gasteiger charge is 2.23. The maximum absolute atomic E-state index is 12.2. The summed E-state index contributed by atoms with van der Waals surface area (Å²) in [5.41, 5.74) is 1.69. The molecule has 1 saturated carbocycles. The first-order valence-electron chi connectivity index (χ1n) is 6.62. The molecular weight excluding hydrogens is 320 g/mol. The average Bonchev–Trinajstić information content (AvgIpc) is 3.28. The van der Waals surface area contributed by atoms with Gasteiger partial charge in [-0.25, -0.2) is 4.68 Å². The normalized spacial score (nSPS) is 14.2. The molecule has 0 aromatic carbocycles. The standard InChI is InChI=1S/C14H15BrN4O/c15-13-12(17-7-11-2-1-5-16-6-11)8-18-19(14(13)20)9-10-3-4-10/h1-2,5-6,8,10,17H,3-4,7,9H2. The molecular formula is C14H15BrN4O. The van der Waals surface area contributed by atoms with Crippen LogP contribution in [-0.4, -0.2) is 14.8 Å². The van der Waals surface area contributed by atoms with Crippen LogP contribution in [0.25, 0.3) is 0 Å². The molecule has 0 radical (unpaired) electrons. The van der Waals surface area contributed by atoms with Gasteiger partial charge in [-0.15, -0.1) is 0 Å². The summed E-state index contributed by atoms with van der Waals surface area (Å²) in [5.74, 6) is 0.626. The van der Waals surface area contributed by atoms with Crippen LogP contribution in [-0.2, 0) is 13.1 Å². The smallest absolute Gasteiger partial charge is 0.283 e. The van der Waals surface area contributed by atoms with Crippen molar-refractivity contribution in [1.82, 2.24) is 14.8 Å². The van der Waals surface area contributed by atoms with E-state index in [0.717, 1.165) is 12.1 Å². The van der Waals surface area contributed by atoms with Crippen molar-refractivity contribution in [2.45, 2.75) is 25.9 Å². The molecule has 0 aliphatic heterocycles. The van der Waals surface area contributed by atoms with Crippen molar-refractivity contribution in [3.63, 3.8) is 0 Å². The first-order valence-corrected chi connectivity index (χ1v) is 7.42. The van der Waals surface area contributed by atoms with Crippen LogP contribution in [0.2, 0.25) is 0 Å². The highest BCUT2D eigenvalue weighted by molar-refractivity contribution is 9.10. The molecule has 0 unspecified atom stereocenters. The first kappa shape index (κ1) is 13.3. The fourth-order valence-electron chi connectivity index (χ4n) is 1.96. The second-order valence-corrected chi connectivity index (χ2v) is 5.81. The minimum atomic E-state index is -0.0758. The van der Waals surface area contributed by atoms with Crippen molar-refractivity contribution in [2.75, 3.05) is 5.32 Å². The molecule has 1 fully saturated rings. The maximum atomic E-state index is 12.2. The number of anilines is 1. The van der Waals surface area contributed by atoms with Gasteiger partial charge in [-0.2, -0.15) is 5.10 Å². The van der Waals surface area contributed by atoms with Crippen LogP contribution in [0.1, 0.15) is 18.4 Å². The van der Waals surface area contributed by atoms with Gasteiger partial charge in [-0.3, -0.25) is 9.78 Å². The van der Waals surface area contributed by atoms with Gasteiger partial charge < -0.3 is 5.32 Å². The predicted molar refractivity (Wildman–Crippen MR) is 80.5 cm³/mol. The average molecular weight is 335 g/mol. The lowest BCUT2D eigenvalue weighted by molar-refractivity contribution is 0.532. The zero-order chi connectivity index (χ0) is 13.9. The third kappa shape index (κ3) is 3.07. The van der Waals surface area contributed by atoms with Gasteiger partial charge in [0.1, 0.15) is 4.47 Å². The Morgan fingerprint density at radius 2 is 2.25 bits per heavy atom. The Hall–Kier alpha value is -1.69. The molecule has 0 spiro atoms. The molecule has 2 aromatic rings. The lowest BCUT2D eigenvalue weighted by atomic mass is 10.3. The number of nitrogens with one attached hydrogen (secondary N) is 1. The van der Waals surface area contributed by atoms with E-state index >= 15 is 0 Å². The molecule has 1 N–H and O–H groups in total. The fourth-order valence-corrected chi connectivity index (χ4v) is 2.41.